The first kappa shape index (κ1) is 15.7. The van der Waals surface area contributed by atoms with Crippen molar-refractivity contribution in [2.45, 2.75) is 32.0 Å². The van der Waals surface area contributed by atoms with E-state index < -0.39 is 5.79 Å². The predicted molar refractivity (Wildman–Crippen MR) is 84.7 cm³/mol. The quantitative estimate of drug-likeness (QED) is 0.714. The molecule has 1 aromatic rings. The van der Waals surface area contributed by atoms with Gasteiger partial charge in [-0.1, -0.05) is 50.3 Å². The molecule has 0 bridgehead atoms. The number of unbranched alkanes of at least 4 members (excludes halogenated alkanes) is 1. The van der Waals surface area contributed by atoms with E-state index in [0.717, 1.165) is 41.5 Å². The second-order valence-corrected chi connectivity index (χ2v) is 5.10. The highest BCUT2D eigenvalue weighted by Gasteiger charge is 2.55. The Balaban J connectivity index is 2.57. The van der Waals surface area contributed by atoms with Crippen molar-refractivity contribution in [1.82, 2.24) is 0 Å². The molecule has 0 heterocycles. The van der Waals surface area contributed by atoms with Gasteiger partial charge in [-0.3, -0.25) is 4.79 Å². The van der Waals surface area contributed by atoms with Crippen molar-refractivity contribution in [2.75, 3.05) is 14.2 Å². The van der Waals surface area contributed by atoms with Gasteiger partial charge in [-0.15, -0.1) is 0 Å². The second kappa shape index (κ2) is 6.37. The Morgan fingerprint density at radius 1 is 1.24 bits per heavy atom. The minimum atomic E-state index is -1.20. The van der Waals surface area contributed by atoms with Gasteiger partial charge in [0.2, 0.25) is 5.78 Å². The third-order valence-electron chi connectivity index (χ3n) is 4.03. The van der Waals surface area contributed by atoms with Crippen LogP contribution >= 0.6 is 0 Å². The summed E-state index contributed by atoms with van der Waals surface area (Å²) in [7, 11) is 3.03. The highest BCUT2D eigenvalue weighted by atomic mass is 16.7. The Kier molecular flexibility index (Phi) is 4.76. The third-order valence-corrected chi connectivity index (χ3v) is 4.03. The molecule has 1 aromatic carbocycles. The summed E-state index contributed by atoms with van der Waals surface area (Å²) in [6, 6.07) is 7.78. The van der Waals surface area contributed by atoms with E-state index in [0.29, 0.717) is 0 Å². The zero-order valence-electron chi connectivity index (χ0n) is 12.9. The van der Waals surface area contributed by atoms with E-state index in [1.807, 2.05) is 24.3 Å². The van der Waals surface area contributed by atoms with Crippen LogP contribution < -0.4 is 0 Å². The summed E-state index contributed by atoms with van der Waals surface area (Å²) in [4.78, 5) is 12.6. The van der Waals surface area contributed by atoms with Crippen molar-refractivity contribution >= 4 is 17.4 Å². The molecule has 0 aliphatic heterocycles. The highest BCUT2D eigenvalue weighted by molar-refractivity contribution is 6.34. The predicted octanol–water partition coefficient (Wildman–Crippen LogP) is 3.85. The maximum atomic E-state index is 12.6. The lowest BCUT2D eigenvalue weighted by Crippen LogP contribution is -2.53. The van der Waals surface area contributed by atoms with Gasteiger partial charge < -0.3 is 9.47 Å². The van der Waals surface area contributed by atoms with E-state index in [4.69, 9.17) is 9.47 Å². The number of benzene rings is 1. The smallest absolute Gasteiger partial charge is 0.257 e. The number of rotatable bonds is 7. The first-order valence-electron chi connectivity index (χ1n) is 7.26. The molecule has 0 fully saturated rings. The molecule has 0 radical (unpaired) electrons. The van der Waals surface area contributed by atoms with Crippen LogP contribution in [0.25, 0.3) is 11.6 Å². The molecule has 0 aromatic heterocycles. The van der Waals surface area contributed by atoms with Crippen LogP contribution in [0, 0.1) is 0 Å². The van der Waals surface area contributed by atoms with Crippen LogP contribution in [-0.4, -0.2) is 25.8 Å². The maximum Gasteiger partial charge on any atom is 0.257 e. The minimum absolute atomic E-state index is 0.104. The van der Waals surface area contributed by atoms with Crippen LogP contribution in [0.4, 0.5) is 0 Å². The summed E-state index contributed by atoms with van der Waals surface area (Å²) in [5.41, 5.74) is 3.53. The largest absolute Gasteiger partial charge is 0.343 e. The molecule has 0 atom stereocenters. The molecule has 3 heteroatoms. The molecule has 0 N–H and O–H groups in total. The average molecular weight is 286 g/mol. The van der Waals surface area contributed by atoms with Crippen molar-refractivity contribution in [3.63, 3.8) is 0 Å². The Hall–Kier alpha value is -1.71. The van der Waals surface area contributed by atoms with Gasteiger partial charge in [-0.05, 0) is 24.0 Å². The molecule has 0 saturated heterocycles. The number of methoxy groups -OCH3 is 2. The topological polar surface area (TPSA) is 35.5 Å². The molecule has 1 aliphatic rings. The zero-order valence-corrected chi connectivity index (χ0v) is 12.9. The van der Waals surface area contributed by atoms with Gasteiger partial charge >= 0.3 is 0 Å². The number of hydrogen-bond acceptors (Lipinski definition) is 3. The van der Waals surface area contributed by atoms with E-state index in [9.17, 15) is 4.79 Å². The van der Waals surface area contributed by atoms with Crippen LogP contribution in [0.3, 0.4) is 0 Å². The van der Waals surface area contributed by atoms with Gasteiger partial charge in [0.25, 0.3) is 5.79 Å². The SMILES string of the molecule is C=Cc1ccccc1C1=C(CCCC)C(OC)(OC)C1=O. The number of carbonyl (C=O) groups excluding carboxylic acids is 1. The van der Waals surface area contributed by atoms with E-state index in [1.54, 1.807) is 6.08 Å². The van der Waals surface area contributed by atoms with Crippen molar-refractivity contribution < 1.29 is 14.3 Å². The summed E-state index contributed by atoms with van der Waals surface area (Å²) < 4.78 is 10.8. The standard InChI is InChI=1S/C18H22O3/c1-5-7-12-15-16(17(19)18(15,20-3)21-4)14-11-9-8-10-13(14)6-2/h6,8-11H,2,5,7,12H2,1,3-4H3. The van der Waals surface area contributed by atoms with Gasteiger partial charge in [0.15, 0.2) is 0 Å². The van der Waals surface area contributed by atoms with E-state index in [-0.39, 0.29) is 5.78 Å². The number of hydrogen-bond donors (Lipinski definition) is 0. The number of carbonyl (C=O) groups is 1. The monoisotopic (exact) mass is 286 g/mol. The molecule has 0 unspecified atom stereocenters. The van der Waals surface area contributed by atoms with Gasteiger partial charge in [-0.25, -0.2) is 0 Å². The van der Waals surface area contributed by atoms with Gasteiger partial charge in [0.1, 0.15) is 0 Å². The Morgan fingerprint density at radius 3 is 2.48 bits per heavy atom. The van der Waals surface area contributed by atoms with Crippen LogP contribution in [0.2, 0.25) is 0 Å². The molecule has 0 spiro atoms. The number of Topliss-reactive ketones (excluding diaryl/α,β-unsaturated/α-hetero) is 1. The Bertz CT molecular complexity index is 580. The summed E-state index contributed by atoms with van der Waals surface area (Å²) in [5, 5.41) is 0. The van der Waals surface area contributed by atoms with E-state index >= 15 is 0 Å². The van der Waals surface area contributed by atoms with Crippen LogP contribution in [0.5, 0.6) is 0 Å². The lowest BCUT2D eigenvalue weighted by atomic mass is 9.73. The lowest BCUT2D eigenvalue weighted by molar-refractivity contribution is -0.192. The normalized spacial score (nSPS) is 16.8. The zero-order chi connectivity index (χ0) is 15.5. The summed E-state index contributed by atoms with van der Waals surface area (Å²) in [6.45, 7) is 5.95. The van der Waals surface area contributed by atoms with E-state index in [2.05, 4.69) is 13.5 Å². The molecular formula is C18H22O3. The van der Waals surface area contributed by atoms with Gasteiger partial charge in [0, 0.05) is 25.4 Å². The molecule has 2 rings (SSSR count). The molecule has 1 aliphatic carbocycles. The first-order valence-corrected chi connectivity index (χ1v) is 7.26. The summed E-state index contributed by atoms with van der Waals surface area (Å²) >= 11 is 0. The highest BCUT2D eigenvalue weighted by Crippen LogP contribution is 2.47. The fraction of sp³-hybridized carbons (Fsp3) is 0.389. The Labute approximate surface area is 126 Å². The Morgan fingerprint density at radius 2 is 1.90 bits per heavy atom. The number of ketones is 1. The van der Waals surface area contributed by atoms with Crippen LogP contribution in [0.15, 0.2) is 36.4 Å². The lowest BCUT2D eigenvalue weighted by Gasteiger charge is -2.42. The minimum Gasteiger partial charge on any atom is -0.343 e. The van der Waals surface area contributed by atoms with Crippen molar-refractivity contribution in [3.8, 4) is 0 Å². The molecule has 0 saturated carbocycles. The fourth-order valence-electron chi connectivity index (χ4n) is 2.89. The fourth-order valence-corrected chi connectivity index (χ4v) is 2.89. The summed E-state index contributed by atoms with van der Waals surface area (Å²) in [6.07, 6.45) is 4.62. The molecular weight excluding hydrogens is 264 g/mol. The summed E-state index contributed by atoms with van der Waals surface area (Å²) in [5.74, 6) is -1.30. The number of ether oxygens (including phenoxy) is 2. The van der Waals surface area contributed by atoms with E-state index in [1.165, 1.54) is 14.2 Å². The average Bonchev–Trinajstić information content (AvgIpc) is 2.53. The van der Waals surface area contributed by atoms with Crippen molar-refractivity contribution in [3.05, 3.63) is 47.5 Å². The van der Waals surface area contributed by atoms with Crippen LogP contribution in [-0.2, 0) is 14.3 Å². The molecule has 112 valence electrons. The van der Waals surface area contributed by atoms with Crippen LogP contribution in [0.1, 0.15) is 37.3 Å². The first-order chi connectivity index (χ1) is 10.2. The van der Waals surface area contributed by atoms with Gasteiger partial charge in [-0.2, -0.15) is 0 Å². The second-order valence-electron chi connectivity index (χ2n) is 5.10. The molecule has 21 heavy (non-hydrogen) atoms. The molecule has 3 nitrogen and oxygen atoms in total. The maximum absolute atomic E-state index is 12.6. The van der Waals surface area contributed by atoms with Crippen molar-refractivity contribution in [2.24, 2.45) is 0 Å². The third kappa shape index (κ3) is 2.37. The molecule has 0 amide bonds. The van der Waals surface area contributed by atoms with Crippen molar-refractivity contribution in [1.29, 1.82) is 0 Å². The van der Waals surface area contributed by atoms with Gasteiger partial charge in [0.05, 0.1) is 0 Å².